The molecule has 0 atom stereocenters. The Balaban J connectivity index is 0.000000312. The van der Waals surface area contributed by atoms with Gasteiger partial charge in [0.05, 0.1) is 20.1 Å². The number of hydrogen-bond acceptors (Lipinski definition) is 4. The number of piperidine rings is 1. The third kappa shape index (κ3) is 8.15. The van der Waals surface area contributed by atoms with Crippen LogP contribution >= 0.6 is 0 Å². The van der Waals surface area contributed by atoms with E-state index in [2.05, 4.69) is 37.4 Å². The van der Waals surface area contributed by atoms with E-state index < -0.39 is 10.2 Å². The maximum atomic E-state index is 8.49. The second-order valence-corrected chi connectivity index (χ2v) is 5.90. The largest absolute Gasteiger partial charge is 0.322 e. The van der Waals surface area contributed by atoms with Crippen LogP contribution in [0.25, 0.3) is 0 Å². The third-order valence-electron chi connectivity index (χ3n) is 3.30. The molecule has 0 unspecified atom stereocenters. The summed E-state index contributed by atoms with van der Waals surface area (Å²) in [4.78, 5) is 0. The molecule has 19 heavy (non-hydrogen) atoms. The van der Waals surface area contributed by atoms with Gasteiger partial charge in [-0.2, -0.15) is 0 Å². The van der Waals surface area contributed by atoms with Crippen LogP contribution in [-0.2, 0) is 6.54 Å². The Morgan fingerprint density at radius 1 is 0.947 bits per heavy atom. The molecule has 6 heteroatoms. The molecule has 1 heterocycles. The number of halogens is 1. The van der Waals surface area contributed by atoms with Crippen LogP contribution in [0.2, 0.25) is 0 Å². The fraction of sp³-hybridized carbons (Fsp3) is 0.538. The molecule has 108 valence electrons. The Hall–Kier alpha value is -0.690. The van der Waals surface area contributed by atoms with Crippen LogP contribution in [0.1, 0.15) is 24.8 Å². The average Bonchev–Trinajstić information content (AvgIpc) is 2.28. The zero-order chi connectivity index (χ0) is 14.4. The number of likely N-dealkylation sites (tertiary alicyclic amines) is 1. The minimum atomic E-state index is -4.94. The van der Waals surface area contributed by atoms with Gasteiger partial charge < -0.3 is 4.48 Å². The number of rotatable bonds is 2. The summed E-state index contributed by atoms with van der Waals surface area (Å²) in [6.07, 6.45) is 4.25. The van der Waals surface area contributed by atoms with Crippen LogP contribution in [0.15, 0.2) is 30.3 Å². The van der Waals surface area contributed by atoms with Crippen LogP contribution in [0, 0.1) is 10.2 Å². The van der Waals surface area contributed by atoms with Gasteiger partial charge in [0, 0.05) is 5.56 Å². The highest BCUT2D eigenvalue weighted by Gasteiger charge is 2.24. The molecule has 0 aromatic heterocycles. The predicted octanol–water partition coefficient (Wildman–Crippen LogP) is -1.94. The monoisotopic (exact) mass is 289 g/mol. The van der Waals surface area contributed by atoms with Crippen molar-refractivity contribution in [2.24, 2.45) is 0 Å². The van der Waals surface area contributed by atoms with Crippen molar-refractivity contribution in [3.63, 3.8) is 0 Å². The van der Waals surface area contributed by atoms with Crippen molar-refractivity contribution in [1.82, 2.24) is 0 Å². The zero-order valence-electron chi connectivity index (χ0n) is 11.1. The van der Waals surface area contributed by atoms with Crippen molar-refractivity contribution in [2.45, 2.75) is 25.8 Å². The predicted molar refractivity (Wildman–Crippen MR) is 59.9 cm³/mol. The van der Waals surface area contributed by atoms with Gasteiger partial charge in [0.2, 0.25) is 0 Å². The molecule has 1 saturated heterocycles. The zero-order valence-corrected chi connectivity index (χ0v) is 11.8. The first kappa shape index (κ1) is 16.4. The van der Waals surface area contributed by atoms with Gasteiger partial charge in [-0.3, -0.25) is 0 Å². The van der Waals surface area contributed by atoms with Crippen LogP contribution in [0.4, 0.5) is 0 Å². The second-order valence-electron chi connectivity index (χ2n) is 5.15. The number of nitrogens with zero attached hydrogens (tertiary/aromatic N) is 1. The summed E-state index contributed by atoms with van der Waals surface area (Å²) in [6, 6.07) is 10.9. The Morgan fingerprint density at radius 2 is 1.42 bits per heavy atom. The van der Waals surface area contributed by atoms with Gasteiger partial charge in [0.1, 0.15) is 6.54 Å². The molecule has 2 rings (SSSR count). The molecule has 0 spiro atoms. The molecule has 0 saturated carbocycles. The lowest BCUT2D eigenvalue weighted by atomic mass is 10.1. The van der Waals surface area contributed by atoms with E-state index >= 15 is 0 Å². The molecule has 1 aliphatic heterocycles. The Bertz CT molecular complexity index is 355. The first-order valence-electron chi connectivity index (χ1n) is 6.28. The summed E-state index contributed by atoms with van der Waals surface area (Å²) in [6.45, 7) is 3.92. The average molecular weight is 290 g/mol. The minimum absolute atomic E-state index is 1.21. The van der Waals surface area contributed by atoms with E-state index in [1.807, 2.05) is 0 Å². The van der Waals surface area contributed by atoms with Gasteiger partial charge in [0.15, 0.2) is 0 Å². The lowest BCUT2D eigenvalue weighted by Gasteiger charge is -2.37. The normalized spacial score (nSPS) is 18.4. The molecule has 0 N–H and O–H groups in total. The number of hydrogen-bond donors (Lipinski definition) is 0. The Kier molecular flexibility index (Phi) is 6.19. The summed E-state index contributed by atoms with van der Waals surface area (Å²) >= 11 is 0. The van der Waals surface area contributed by atoms with Crippen molar-refractivity contribution in [2.75, 3.05) is 20.1 Å². The summed E-state index contributed by atoms with van der Waals surface area (Å²) in [5.41, 5.74) is 1.48. The van der Waals surface area contributed by atoms with Gasteiger partial charge in [-0.05, 0) is 19.3 Å². The highest BCUT2D eigenvalue weighted by atomic mass is 35.7. The SMILES string of the molecule is C[N+]1(Cc2ccccc2)CCCCC1.[O-][Cl+3]([O-])([O-])[O-]. The summed E-state index contributed by atoms with van der Waals surface area (Å²) < 4.78 is 35.2. The highest BCUT2D eigenvalue weighted by Crippen LogP contribution is 2.19. The molecule has 0 aliphatic carbocycles. The summed E-state index contributed by atoms with van der Waals surface area (Å²) in [5, 5.41) is 0. The van der Waals surface area contributed by atoms with Crippen molar-refractivity contribution >= 4 is 0 Å². The highest BCUT2D eigenvalue weighted by molar-refractivity contribution is 5.13. The van der Waals surface area contributed by atoms with Crippen LogP contribution in [-0.4, -0.2) is 24.6 Å². The molecule has 0 amide bonds. The lowest BCUT2D eigenvalue weighted by molar-refractivity contribution is -2.00. The van der Waals surface area contributed by atoms with Gasteiger partial charge >= 0.3 is 0 Å². The second kappa shape index (κ2) is 7.19. The van der Waals surface area contributed by atoms with Gasteiger partial charge in [-0.15, -0.1) is 10.2 Å². The van der Waals surface area contributed by atoms with Gasteiger partial charge in [-0.1, -0.05) is 30.3 Å². The molecule has 1 fully saturated rings. The van der Waals surface area contributed by atoms with Crippen LogP contribution in [0.3, 0.4) is 0 Å². The van der Waals surface area contributed by atoms with Gasteiger partial charge in [0.25, 0.3) is 0 Å². The van der Waals surface area contributed by atoms with Crippen molar-refractivity contribution < 1.29 is 33.4 Å². The van der Waals surface area contributed by atoms with E-state index in [1.165, 1.54) is 48.9 Å². The van der Waals surface area contributed by atoms with E-state index in [0.29, 0.717) is 0 Å². The van der Waals surface area contributed by atoms with Crippen LogP contribution < -0.4 is 18.6 Å². The molecule has 5 nitrogen and oxygen atoms in total. The first-order chi connectivity index (χ1) is 8.79. The minimum Gasteiger partial charge on any atom is -0.322 e. The fourth-order valence-electron chi connectivity index (χ4n) is 2.46. The molecule has 1 aromatic carbocycles. The van der Waals surface area contributed by atoms with Crippen molar-refractivity contribution in [3.8, 4) is 0 Å². The molecular formula is C13H20ClNO4. The lowest BCUT2D eigenvalue weighted by Crippen LogP contribution is -2.68. The molecular weight excluding hydrogens is 270 g/mol. The number of quaternary nitrogens is 1. The molecule has 1 aliphatic rings. The maximum Gasteiger partial charge on any atom is 0.104 e. The summed E-state index contributed by atoms with van der Waals surface area (Å²) in [7, 11) is -2.55. The quantitative estimate of drug-likeness (QED) is 0.592. The maximum absolute atomic E-state index is 8.49. The van der Waals surface area contributed by atoms with E-state index in [1.54, 1.807) is 0 Å². The molecule has 1 aromatic rings. The standard InChI is InChI=1S/C13H20N.ClHO4/c1-14(10-6-3-7-11-14)12-13-8-4-2-5-9-13;2-1(3,4)5/h2,4-5,8-9H,3,6-7,10-12H2,1H3;(H,2,3,4,5)/q+1;/p-1. The Labute approximate surface area is 116 Å². The first-order valence-corrected chi connectivity index (χ1v) is 7.51. The smallest absolute Gasteiger partial charge is 0.104 e. The van der Waals surface area contributed by atoms with E-state index in [4.69, 9.17) is 18.6 Å². The Morgan fingerprint density at radius 3 is 1.89 bits per heavy atom. The fourth-order valence-corrected chi connectivity index (χ4v) is 2.46. The topological polar surface area (TPSA) is 92.2 Å². The van der Waals surface area contributed by atoms with E-state index in [-0.39, 0.29) is 0 Å². The number of benzene rings is 1. The van der Waals surface area contributed by atoms with Gasteiger partial charge in [-0.25, -0.2) is 18.6 Å². The van der Waals surface area contributed by atoms with Crippen LogP contribution in [0.5, 0.6) is 0 Å². The molecule has 0 radical (unpaired) electrons. The van der Waals surface area contributed by atoms with E-state index in [0.717, 1.165) is 0 Å². The third-order valence-corrected chi connectivity index (χ3v) is 3.30. The van der Waals surface area contributed by atoms with E-state index in [9.17, 15) is 0 Å². The molecule has 0 bridgehead atoms. The van der Waals surface area contributed by atoms with Crippen molar-refractivity contribution in [3.05, 3.63) is 35.9 Å². The summed E-state index contributed by atoms with van der Waals surface area (Å²) in [5.74, 6) is 0. The van der Waals surface area contributed by atoms with Crippen molar-refractivity contribution in [1.29, 1.82) is 0 Å².